The molecule has 1 amide bonds. The molecular formula is C15H21N3O3. The monoisotopic (exact) mass is 291 g/mol. The molecule has 2 rings (SSSR count). The Morgan fingerprint density at radius 1 is 1.48 bits per heavy atom. The average molecular weight is 291 g/mol. The molecule has 1 aromatic rings. The summed E-state index contributed by atoms with van der Waals surface area (Å²) in [6.07, 6.45) is 0.570. The molecule has 0 saturated carbocycles. The number of nitrogens with zero attached hydrogens (tertiary/aromatic N) is 2. The van der Waals surface area contributed by atoms with Gasteiger partial charge in [0, 0.05) is 18.2 Å². The molecule has 0 spiro atoms. The number of non-ortho nitro benzene ring substituents is 1. The number of nitrogens with one attached hydrogen (secondary N) is 1. The maximum Gasteiger partial charge on any atom is 0.269 e. The van der Waals surface area contributed by atoms with Gasteiger partial charge in [-0.05, 0) is 17.9 Å². The summed E-state index contributed by atoms with van der Waals surface area (Å²) >= 11 is 0. The molecule has 1 aliphatic rings. The second kappa shape index (κ2) is 6.22. The molecule has 1 heterocycles. The van der Waals surface area contributed by atoms with Gasteiger partial charge >= 0.3 is 0 Å². The van der Waals surface area contributed by atoms with Crippen LogP contribution in [-0.4, -0.2) is 28.3 Å². The fraction of sp³-hybridized carbons (Fsp3) is 0.533. The number of nitro benzene ring substituents is 1. The van der Waals surface area contributed by atoms with Crippen molar-refractivity contribution < 1.29 is 9.72 Å². The number of carbonyl (C=O) groups excluding carboxylic acids is 1. The van der Waals surface area contributed by atoms with Crippen molar-refractivity contribution in [3.63, 3.8) is 0 Å². The SMILES string of the molecule is CCC(C(C)C)N1C(=O)CNC1c1cccc([N+](=O)[O-])c1. The first-order valence-corrected chi connectivity index (χ1v) is 7.24. The molecule has 1 aromatic carbocycles. The lowest BCUT2D eigenvalue weighted by Crippen LogP contribution is -2.42. The lowest BCUT2D eigenvalue weighted by Gasteiger charge is -2.35. The van der Waals surface area contributed by atoms with Gasteiger partial charge in [0.1, 0.15) is 6.17 Å². The predicted octanol–water partition coefficient (Wildman–Crippen LogP) is 2.46. The largest absolute Gasteiger partial charge is 0.319 e. The second-order valence-electron chi connectivity index (χ2n) is 5.66. The van der Waals surface area contributed by atoms with E-state index in [9.17, 15) is 14.9 Å². The van der Waals surface area contributed by atoms with Gasteiger partial charge in [0.2, 0.25) is 5.91 Å². The topological polar surface area (TPSA) is 75.5 Å². The molecule has 1 aliphatic heterocycles. The minimum absolute atomic E-state index is 0.0474. The molecule has 2 atom stereocenters. The van der Waals surface area contributed by atoms with Crippen LogP contribution in [0, 0.1) is 16.0 Å². The maximum absolute atomic E-state index is 12.2. The van der Waals surface area contributed by atoms with Crippen LogP contribution in [0.25, 0.3) is 0 Å². The first kappa shape index (κ1) is 15.4. The van der Waals surface area contributed by atoms with Crippen molar-refractivity contribution in [1.29, 1.82) is 0 Å². The van der Waals surface area contributed by atoms with Crippen molar-refractivity contribution in [2.24, 2.45) is 5.92 Å². The Kier molecular flexibility index (Phi) is 4.57. The summed E-state index contributed by atoms with van der Waals surface area (Å²) < 4.78 is 0. The number of benzene rings is 1. The van der Waals surface area contributed by atoms with E-state index in [4.69, 9.17) is 0 Å². The Bertz CT molecular complexity index is 545. The molecule has 0 radical (unpaired) electrons. The van der Waals surface area contributed by atoms with Crippen LogP contribution in [0.1, 0.15) is 38.9 Å². The molecule has 1 N–H and O–H groups in total. The second-order valence-corrected chi connectivity index (χ2v) is 5.66. The van der Waals surface area contributed by atoms with Crippen molar-refractivity contribution in [1.82, 2.24) is 10.2 Å². The zero-order valence-electron chi connectivity index (χ0n) is 12.6. The Hall–Kier alpha value is -1.95. The van der Waals surface area contributed by atoms with Crippen LogP contribution >= 0.6 is 0 Å². The maximum atomic E-state index is 12.2. The number of hydrogen-bond acceptors (Lipinski definition) is 4. The van der Waals surface area contributed by atoms with E-state index in [1.165, 1.54) is 12.1 Å². The van der Waals surface area contributed by atoms with Crippen molar-refractivity contribution in [3.8, 4) is 0 Å². The normalized spacial score (nSPS) is 20.1. The highest BCUT2D eigenvalue weighted by Gasteiger charge is 2.37. The van der Waals surface area contributed by atoms with Gasteiger partial charge < -0.3 is 4.90 Å². The van der Waals surface area contributed by atoms with E-state index in [1.807, 2.05) is 11.0 Å². The van der Waals surface area contributed by atoms with Gasteiger partial charge in [-0.25, -0.2) is 0 Å². The van der Waals surface area contributed by atoms with Crippen LogP contribution in [0.2, 0.25) is 0 Å². The summed E-state index contributed by atoms with van der Waals surface area (Å²) in [4.78, 5) is 24.6. The summed E-state index contributed by atoms with van der Waals surface area (Å²) in [5, 5.41) is 14.1. The quantitative estimate of drug-likeness (QED) is 0.668. The molecule has 6 heteroatoms. The minimum atomic E-state index is -0.412. The molecule has 114 valence electrons. The van der Waals surface area contributed by atoms with Gasteiger partial charge in [0.05, 0.1) is 11.5 Å². The Labute approximate surface area is 124 Å². The number of carbonyl (C=O) groups is 1. The third-order valence-electron chi connectivity index (χ3n) is 3.95. The smallest absolute Gasteiger partial charge is 0.269 e. The van der Waals surface area contributed by atoms with Crippen molar-refractivity contribution in [2.45, 2.75) is 39.4 Å². The van der Waals surface area contributed by atoms with Crippen LogP contribution in [0.4, 0.5) is 5.69 Å². The Morgan fingerprint density at radius 2 is 2.19 bits per heavy atom. The zero-order chi connectivity index (χ0) is 15.6. The summed E-state index contributed by atoms with van der Waals surface area (Å²) in [7, 11) is 0. The molecule has 2 unspecified atom stereocenters. The number of hydrogen-bond donors (Lipinski definition) is 1. The van der Waals surface area contributed by atoms with Crippen LogP contribution < -0.4 is 5.32 Å². The zero-order valence-corrected chi connectivity index (χ0v) is 12.6. The van der Waals surface area contributed by atoms with E-state index < -0.39 is 4.92 Å². The molecule has 6 nitrogen and oxygen atoms in total. The number of nitro groups is 1. The fourth-order valence-electron chi connectivity index (χ4n) is 2.97. The third-order valence-corrected chi connectivity index (χ3v) is 3.95. The summed E-state index contributed by atoms with van der Waals surface area (Å²) in [5.74, 6) is 0.382. The standard InChI is InChI=1S/C15H21N3O3/c1-4-13(10(2)3)17-14(19)9-16-15(17)11-6-5-7-12(8-11)18(20)21/h5-8,10,13,15-16H,4,9H2,1-3H3. The first-order chi connectivity index (χ1) is 9.95. The van der Waals surface area contributed by atoms with E-state index in [-0.39, 0.29) is 30.3 Å². The summed E-state index contributed by atoms with van der Waals surface area (Å²) in [5.41, 5.74) is 0.806. The average Bonchev–Trinajstić information content (AvgIpc) is 2.82. The van der Waals surface area contributed by atoms with E-state index in [0.717, 1.165) is 12.0 Å². The summed E-state index contributed by atoms with van der Waals surface area (Å²) in [6, 6.07) is 6.60. The highest BCUT2D eigenvalue weighted by atomic mass is 16.6. The van der Waals surface area contributed by atoms with Gasteiger partial charge in [-0.2, -0.15) is 0 Å². The third kappa shape index (κ3) is 3.05. The highest BCUT2D eigenvalue weighted by molar-refractivity contribution is 5.81. The Morgan fingerprint density at radius 3 is 2.76 bits per heavy atom. The summed E-state index contributed by atoms with van der Waals surface area (Å²) in [6.45, 7) is 6.51. The molecule has 1 saturated heterocycles. The van der Waals surface area contributed by atoms with Crippen molar-refractivity contribution in [2.75, 3.05) is 6.54 Å². The van der Waals surface area contributed by atoms with Gasteiger partial charge in [-0.15, -0.1) is 0 Å². The molecule has 21 heavy (non-hydrogen) atoms. The molecular weight excluding hydrogens is 270 g/mol. The van der Waals surface area contributed by atoms with E-state index in [2.05, 4.69) is 26.1 Å². The molecule has 0 bridgehead atoms. The van der Waals surface area contributed by atoms with Gasteiger partial charge in [-0.1, -0.05) is 32.9 Å². The van der Waals surface area contributed by atoms with Gasteiger partial charge in [-0.3, -0.25) is 20.2 Å². The number of amides is 1. The lowest BCUT2D eigenvalue weighted by molar-refractivity contribution is -0.385. The highest BCUT2D eigenvalue weighted by Crippen LogP contribution is 2.30. The lowest BCUT2D eigenvalue weighted by atomic mass is 9.98. The van der Waals surface area contributed by atoms with Crippen LogP contribution in [-0.2, 0) is 4.79 Å². The van der Waals surface area contributed by atoms with Crippen LogP contribution in [0.5, 0.6) is 0 Å². The Balaban J connectivity index is 2.35. The van der Waals surface area contributed by atoms with Gasteiger partial charge in [0.25, 0.3) is 5.69 Å². The van der Waals surface area contributed by atoms with E-state index in [1.54, 1.807) is 6.07 Å². The van der Waals surface area contributed by atoms with Crippen molar-refractivity contribution in [3.05, 3.63) is 39.9 Å². The van der Waals surface area contributed by atoms with E-state index >= 15 is 0 Å². The van der Waals surface area contributed by atoms with Crippen molar-refractivity contribution >= 4 is 11.6 Å². The molecule has 0 aromatic heterocycles. The minimum Gasteiger partial charge on any atom is -0.319 e. The predicted molar refractivity (Wildman–Crippen MR) is 79.6 cm³/mol. The molecule has 0 aliphatic carbocycles. The van der Waals surface area contributed by atoms with E-state index in [0.29, 0.717) is 5.92 Å². The van der Waals surface area contributed by atoms with Gasteiger partial charge in [0.15, 0.2) is 0 Å². The fourth-order valence-corrected chi connectivity index (χ4v) is 2.97. The van der Waals surface area contributed by atoms with Crippen LogP contribution in [0.15, 0.2) is 24.3 Å². The van der Waals surface area contributed by atoms with Crippen LogP contribution in [0.3, 0.4) is 0 Å². The number of rotatable bonds is 5. The first-order valence-electron chi connectivity index (χ1n) is 7.24. The molecule has 1 fully saturated rings.